The van der Waals surface area contributed by atoms with E-state index in [2.05, 4.69) is 43.5 Å². The van der Waals surface area contributed by atoms with Crippen molar-refractivity contribution in [2.75, 3.05) is 5.32 Å². The van der Waals surface area contributed by atoms with E-state index in [0.717, 1.165) is 18.5 Å². The molecule has 3 rings (SSSR count). The fourth-order valence-corrected chi connectivity index (χ4v) is 4.76. The van der Waals surface area contributed by atoms with Crippen molar-refractivity contribution in [3.05, 3.63) is 24.3 Å². The molecule has 2 unspecified atom stereocenters. The Kier molecular flexibility index (Phi) is 6.63. The lowest BCUT2D eigenvalue weighted by Gasteiger charge is -2.28. The third-order valence-corrected chi connectivity index (χ3v) is 5.73. The predicted molar refractivity (Wildman–Crippen MR) is 105 cm³/mol. The Bertz CT molecular complexity index is 543. The van der Waals surface area contributed by atoms with Gasteiger partial charge >= 0.3 is 0 Å². The lowest BCUT2D eigenvalue weighted by molar-refractivity contribution is -0.117. The third kappa shape index (κ3) is 5.68. The van der Waals surface area contributed by atoms with Gasteiger partial charge in [0.15, 0.2) is 0 Å². The minimum atomic E-state index is 0. The summed E-state index contributed by atoms with van der Waals surface area (Å²) in [5.41, 5.74) is 0.908. The summed E-state index contributed by atoms with van der Waals surface area (Å²) in [4.78, 5) is 13.5. The predicted octanol–water partition coefficient (Wildman–Crippen LogP) is 4.86. The van der Waals surface area contributed by atoms with Crippen LogP contribution in [-0.2, 0) is 4.79 Å². The third-order valence-electron chi connectivity index (χ3n) is 4.61. The molecule has 2 fully saturated rings. The van der Waals surface area contributed by atoms with Gasteiger partial charge in [-0.25, -0.2) is 0 Å². The number of fused-ring (bicyclic) bond motifs is 2. The van der Waals surface area contributed by atoms with Gasteiger partial charge in [0.25, 0.3) is 0 Å². The van der Waals surface area contributed by atoms with Crippen LogP contribution in [-0.4, -0.2) is 22.7 Å². The molecular formula is C19H29ClN2OS. The standard InChI is InChI=1S/C19H28N2OS.ClH/c1-19(2,3)23-17-8-6-14(7-9-17)21-18(22)12-13-10-15-4-5-16(11-13)20-15;/h6-9,13,15-16,20H,4-5,10-12H2,1-3H3,(H,21,22);1H. The second-order valence-corrected chi connectivity index (χ2v) is 9.87. The van der Waals surface area contributed by atoms with Crippen LogP contribution in [0.15, 0.2) is 29.2 Å². The van der Waals surface area contributed by atoms with Crippen molar-refractivity contribution in [3.8, 4) is 0 Å². The first-order valence-corrected chi connectivity index (χ1v) is 9.54. The zero-order valence-electron chi connectivity index (χ0n) is 14.8. The van der Waals surface area contributed by atoms with Gasteiger partial charge in [0.2, 0.25) is 5.91 Å². The van der Waals surface area contributed by atoms with E-state index in [1.54, 1.807) is 0 Å². The maximum Gasteiger partial charge on any atom is 0.224 e. The average molecular weight is 369 g/mol. The van der Waals surface area contributed by atoms with Crippen molar-refractivity contribution in [2.45, 2.75) is 74.6 Å². The summed E-state index contributed by atoms with van der Waals surface area (Å²) < 4.78 is 0.207. The van der Waals surface area contributed by atoms with Crippen LogP contribution in [0.5, 0.6) is 0 Å². The number of nitrogens with one attached hydrogen (secondary N) is 2. The van der Waals surface area contributed by atoms with E-state index < -0.39 is 0 Å². The fraction of sp³-hybridized carbons (Fsp3) is 0.632. The number of piperidine rings is 1. The van der Waals surface area contributed by atoms with E-state index in [-0.39, 0.29) is 23.1 Å². The Labute approximate surface area is 156 Å². The minimum Gasteiger partial charge on any atom is -0.326 e. The Morgan fingerprint density at radius 3 is 2.29 bits per heavy atom. The second-order valence-electron chi connectivity index (χ2n) is 7.97. The number of hydrogen-bond acceptors (Lipinski definition) is 3. The molecule has 0 saturated carbocycles. The fourth-order valence-electron chi connectivity index (χ4n) is 3.78. The summed E-state index contributed by atoms with van der Waals surface area (Å²) in [6.45, 7) is 6.62. The monoisotopic (exact) mass is 368 g/mol. The highest BCUT2D eigenvalue weighted by Gasteiger charge is 2.34. The molecule has 2 bridgehead atoms. The molecule has 0 aromatic heterocycles. The number of thioether (sulfide) groups is 1. The number of benzene rings is 1. The molecule has 2 heterocycles. The second kappa shape index (κ2) is 8.11. The molecule has 2 aliphatic heterocycles. The van der Waals surface area contributed by atoms with Crippen LogP contribution in [0.3, 0.4) is 0 Å². The van der Waals surface area contributed by atoms with Gasteiger partial charge in [-0.3, -0.25) is 4.79 Å². The van der Waals surface area contributed by atoms with E-state index in [4.69, 9.17) is 0 Å². The summed E-state index contributed by atoms with van der Waals surface area (Å²) >= 11 is 1.84. The Morgan fingerprint density at radius 2 is 1.75 bits per heavy atom. The molecule has 1 aromatic rings. The number of hydrogen-bond donors (Lipinski definition) is 2. The quantitative estimate of drug-likeness (QED) is 0.746. The average Bonchev–Trinajstić information content (AvgIpc) is 2.78. The number of carbonyl (C=O) groups excluding carboxylic acids is 1. The van der Waals surface area contributed by atoms with Gasteiger partial charge < -0.3 is 10.6 Å². The van der Waals surface area contributed by atoms with Crippen LogP contribution in [0.25, 0.3) is 0 Å². The molecule has 2 aliphatic rings. The summed E-state index contributed by atoms with van der Waals surface area (Å²) in [6, 6.07) is 9.52. The molecule has 2 saturated heterocycles. The van der Waals surface area contributed by atoms with Crippen LogP contribution in [0.2, 0.25) is 0 Å². The number of rotatable bonds is 4. The molecule has 0 spiro atoms. The van der Waals surface area contributed by atoms with Crippen LogP contribution in [0.4, 0.5) is 5.69 Å². The van der Waals surface area contributed by atoms with E-state index >= 15 is 0 Å². The Hall–Kier alpha value is -0.710. The van der Waals surface area contributed by atoms with Gasteiger partial charge in [-0.05, 0) is 55.9 Å². The zero-order chi connectivity index (χ0) is 16.4. The van der Waals surface area contributed by atoms with Crippen molar-refractivity contribution in [1.29, 1.82) is 0 Å². The molecule has 2 N–H and O–H groups in total. The van der Waals surface area contributed by atoms with E-state index in [0.29, 0.717) is 24.4 Å². The van der Waals surface area contributed by atoms with E-state index in [9.17, 15) is 4.79 Å². The van der Waals surface area contributed by atoms with E-state index in [1.807, 2.05) is 23.9 Å². The van der Waals surface area contributed by atoms with Gasteiger partial charge in [0.05, 0.1) is 0 Å². The molecular weight excluding hydrogens is 340 g/mol. The van der Waals surface area contributed by atoms with Gasteiger partial charge in [-0.15, -0.1) is 24.2 Å². The smallest absolute Gasteiger partial charge is 0.224 e. The molecule has 3 nitrogen and oxygen atoms in total. The van der Waals surface area contributed by atoms with Crippen LogP contribution >= 0.6 is 24.2 Å². The summed E-state index contributed by atoms with van der Waals surface area (Å²) in [5, 5.41) is 6.69. The minimum absolute atomic E-state index is 0. The molecule has 1 amide bonds. The Balaban J connectivity index is 0.00000208. The van der Waals surface area contributed by atoms with Crippen LogP contribution in [0, 0.1) is 5.92 Å². The van der Waals surface area contributed by atoms with Crippen molar-refractivity contribution in [1.82, 2.24) is 5.32 Å². The molecule has 1 aromatic carbocycles. The van der Waals surface area contributed by atoms with Crippen molar-refractivity contribution < 1.29 is 4.79 Å². The number of halogens is 1. The summed E-state index contributed by atoms with van der Waals surface area (Å²) in [5.74, 6) is 0.706. The van der Waals surface area contributed by atoms with Crippen molar-refractivity contribution in [3.63, 3.8) is 0 Å². The SMILES string of the molecule is CC(C)(C)Sc1ccc(NC(=O)CC2CC3CCC(C2)N3)cc1.Cl. The zero-order valence-corrected chi connectivity index (χ0v) is 16.4. The maximum atomic E-state index is 12.3. The molecule has 24 heavy (non-hydrogen) atoms. The van der Waals surface area contributed by atoms with E-state index in [1.165, 1.54) is 17.7 Å². The number of anilines is 1. The number of amides is 1. The topological polar surface area (TPSA) is 41.1 Å². The molecule has 2 atom stereocenters. The maximum absolute atomic E-state index is 12.3. The summed E-state index contributed by atoms with van der Waals surface area (Å²) in [6.07, 6.45) is 5.55. The van der Waals surface area contributed by atoms with Gasteiger partial charge in [0, 0.05) is 33.8 Å². The molecule has 5 heteroatoms. The lowest BCUT2D eigenvalue weighted by Crippen LogP contribution is -2.39. The first kappa shape index (κ1) is 19.6. The largest absolute Gasteiger partial charge is 0.326 e. The highest BCUT2D eigenvalue weighted by Crippen LogP contribution is 2.34. The van der Waals surface area contributed by atoms with Crippen LogP contribution in [0.1, 0.15) is 52.9 Å². The molecule has 134 valence electrons. The first-order chi connectivity index (χ1) is 10.9. The van der Waals surface area contributed by atoms with Gasteiger partial charge in [0.1, 0.15) is 0 Å². The Morgan fingerprint density at radius 1 is 1.17 bits per heavy atom. The normalized spacial score (nSPS) is 25.9. The van der Waals surface area contributed by atoms with Crippen molar-refractivity contribution >= 4 is 35.8 Å². The van der Waals surface area contributed by atoms with Gasteiger partial charge in [-0.2, -0.15) is 0 Å². The summed E-state index contributed by atoms with van der Waals surface area (Å²) in [7, 11) is 0. The first-order valence-electron chi connectivity index (χ1n) is 8.72. The molecule has 0 aliphatic carbocycles. The molecule has 0 radical (unpaired) electrons. The highest BCUT2D eigenvalue weighted by atomic mass is 35.5. The van der Waals surface area contributed by atoms with Crippen LogP contribution < -0.4 is 10.6 Å². The van der Waals surface area contributed by atoms with Crippen molar-refractivity contribution in [2.24, 2.45) is 5.92 Å². The lowest BCUT2D eigenvalue weighted by atomic mass is 9.89. The highest BCUT2D eigenvalue weighted by molar-refractivity contribution is 8.00. The number of carbonyl (C=O) groups is 1. The van der Waals surface area contributed by atoms with Gasteiger partial charge in [-0.1, -0.05) is 20.8 Å².